The van der Waals surface area contributed by atoms with E-state index >= 15 is 0 Å². The van der Waals surface area contributed by atoms with E-state index in [0.717, 1.165) is 18.4 Å². The lowest BCUT2D eigenvalue weighted by Crippen LogP contribution is -2.31. The first-order chi connectivity index (χ1) is 9.65. The third-order valence-corrected chi connectivity index (χ3v) is 4.17. The molecule has 5 heteroatoms. The van der Waals surface area contributed by atoms with Gasteiger partial charge in [-0.1, -0.05) is 29.8 Å². The molecule has 2 unspecified atom stereocenters. The van der Waals surface area contributed by atoms with E-state index < -0.39 is 0 Å². The van der Waals surface area contributed by atoms with E-state index in [2.05, 4.69) is 10.6 Å². The fraction of sp³-hybridized carbons (Fsp3) is 0.467. The summed E-state index contributed by atoms with van der Waals surface area (Å²) in [5.41, 5.74) is 0.891. The van der Waals surface area contributed by atoms with Gasteiger partial charge in [-0.2, -0.15) is 0 Å². The van der Waals surface area contributed by atoms with E-state index in [9.17, 15) is 9.59 Å². The molecule has 0 saturated heterocycles. The Kier molecular flexibility index (Phi) is 3.66. The van der Waals surface area contributed by atoms with Gasteiger partial charge in [-0.25, -0.2) is 0 Å². The van der Waals surface area contributed by atoms with Crippen LogP contribution in [0.5, 0.6) is 0 Å². The van der Waals surface area contributed by atoms with Gasteiger partial charge in [-0.05, 0) is 30.9 Å². The molecule has 2 amide bonds. The summed E-state index contributed by atoms with van der Waals surface area (Å²) in [5, 5.41) is 6.44. The van der Waals surface area contributed by atoms with Crippen molar-refractivity contribution in [2.75, 3.05) is 0 Å². The molecule has 0 radical (unpaired) electrons. The van der Waals surface area contributed by atoms with Crippen LogP contribution in [0.3, 0.4) is 0 Å². The summed E-state index contributed by atoms with van der Waals surface area (Å²) in [6.45, 7) is 0.409. The molecule has 2 atom stereocenters. The summed E-state index contributed by atoms with van der Waals surface area (Å²) in [4.78, 5) is 23.8. The van der Waals surface area contributed by atoms with Crippen molar-refractivity contribution in [2.45, 2.75) is 31.8 Å². The predicted molar refractivity (Wildman–Crippen MR) is 76.1 cm³/mol. The minimum Gasteiger partial charge on any atom is -0.353 e. The zero-order chi connectivity index (χ0) is 14.1. The average Bonchev–Trinajstić information content (AvgIpc) is 3.30. The molecule has 1 aromatic rings. The van der Waals surface area contributed by atoms with Gasteiger partial charge in [0.05, 0.1) is 11.8 Å². The number of carbonyl (C=O) groups excluding carboxylic acids is 2. The van der Waals surface area contributed by atoms with E-state index in [4.69, 9.17) is 11.6 Å². The summed E-state index contributed by atoms with van der Waals surface area (Å²) in [6.07, 6.45) is 2.80. The van der Waals surface area contributed by atoms with Crippen LogP contribution in [-0.4, -0.2) is 17.9 Å². The Morgan fingerprint density at radius 2 is 1.85 bits per heavy atom. The van der Waals surface area contributed by atoms with Gasteiger partial charge >= 0.3 is 0 Å². The first-order valence-electron chi connectivity index (χ1n) is 6.96. The van der Waals surface area contributed by atoms with Crippen LogP contribution >= 0.6 is 11.6 Å². The van der Waals surface area contributed by atoms with Crippen molar-refractivity contribution in [3.05, 3.63) is 34.9 Å². The molecule has 2 N–H and O–H groups in total. The van der Waals surface area contributed by atoms with Gasteiger partial charge in [0.1, 0.15) is 0 Å². The first-order valence-corrected chi connectivity index (χ1v) is 7.34. The molecule has 4 nitrogen and oxygen atoms in total. The Labute approximate surface area is 122 Å². The smallest absolute Gasteiger partial charge is 0.224 e. The number of benzene rings is 1. The van der Waals surface area contributed by atoms with Crippen molar-refractivity contribution in [2.24, 2.45) is 11.8 Å². The molecule has 0 spiro atoms. The van der Waals surface area contributed by atoms with E-state index in [1.807, 2.05) is 18.2 Å². The number of amides is 2. The van der Waals surface area contributed by atoms with E-state index in [0.29, 0.717) is 24.0 Å². The van der Waals surface area contributed by atoms with Gasteiger partial charge in [-0.15, -0.1) is 0 Å². The van der Waals surface area contributed by atoms with E-state index in [1.54, 1.807) is 6.07 Å². The standard InChI is InChI=1S/C15H17ClN2O2/c16-13-4-2-1-3-9(13)8-17-14(19)11-7-12(11)15(20)18-10-5-6-10/h1-4,10-12H,5-8H2,(H,17,19)(H,18,20). The highest BCUT2D eigenvalue weighted by atomic mass is 35.5. The summed E-state index contributed by atoms with van der Waals surface area (Å²) < 4.78 is 0. The minimum atomic E-state index is -0.170. The fourth-order valence-electron chi connectivity index (χ4n) is 2.27. The van der Waals surface area contributed by atoms with Gasteiger partial charge in [0.15, 0.2) is 0 Å². The van der Waals surface area contributed by atoms with Crippen LogP contribution in [-0.2, 0) is 16.1 Å². The summed E-state index contributed by atoms with van der Waals surface area (Å²) in [5.74, 6) is -0.329. The summed E-state index contributed by atoms with van der Waals surface area (Å²) in [6, 6.07) is 7.78. The second-order valence-corrected chi connectivity index (χ2v) is 5.95. The zero-order valence-corrected chi connectivity index (χ0v) is 11.8. The van der Waals surface area contributed by atoms with Crippen LogP contribution in [0, 0.1) is 11.8 Å². The SMILES string of the molecule is O=C(NCc1ccccc1Cl)C1CC1C(=O)NC1CC1. The summed E-state index contributed by atoms with van der Waals surface area (Å²) >= 11 is 6.03. The molecule has 2 saturated carbocycles. The lowest BCUT2D eigenvalue weighted by Gasteiger charge is -2.07. The molecular formula is C15H17ClN2O2. The molecule has 2 aliphatic carbocycles. The maximum atomic E-state index is 12.0. The highest BCUT2D eigenvalue weighted by molar-refractivity contribution is 6.31. The Balaban J connectivity index is 1.46. The molecule has 0 bridgehead atoms. The van der Waals surface area contributed by atoms with Crippen molar-refractivity contribution in [3.63, 3.8) is 0 Å². The maximum absolute atomic E-state index is 12.0. The molecule has 1 aromatic carbocycles. The topological polar surface area (TPSA) is 58.2 Å². The van der Waals surface area contributed by atoms with Crippen LogP contribution in [0.2, 0.25) is 5.02 Å². The number of halogens is 1. The molecule has 0 aromatic heterocycles. The largest absolute Gasteiger partial charge is 0.353 e. The van der Waals surface area contributed by atoms with Crippen LogP contribution in [0.15, 0.2) is 24.3 Å². The quantitative estimate of drug-likeness (QED) is 0.870. The normalized spacial score (nSPS) is 24.1. The first kappa shape index (κ1) is 13.4. The molecule has 2 fully saturated rings. The fourth-order valence-corrected chi connectivity index (χ4v) is 2.47. The molecule has 0 aliphatic heterocycles. The Morgan fingerprint density at radius 3 is 2.55 bits per heavy atom. The number of hydrogen-bond acceptors (Lipinski definition) is 2. The highest BCUT2D eigenvalue weighted by Gasteiger charge is 2.48. The number of nitrogens with one attached hydrogen (secondary N) is 2. The number of rotatable bonds is 5. The van der Waals surface area contributed by atoms with Crippen molar-refractivity contribution in [1.82, 2.24) is 10.6 Å². The Bertz CT molecular complexity index is 542. The maximum Gasteiger partial charge on any atom is 0.224 e. The lowest BCUT2D eigenvalue weighted by atomic mass is 10.2. The van der Waals surface area contributed by atoms with Crippen molar-refractivity contribution >= 4 is 23.4 Å². The predicted octanol–water partition coefficient (Wildman–Crippen LogP) is 1.87. The van der Waals surface area contributed by atoms with Gasteiger partial charge in [0, 0.05) is 17.6 Å². The molecule has 106 valence electrons. The second-order valence-electron chi connectivity index (χ2n) is 5.54. The molecule has 0 heterocycles. The van der Waals surface area contributed by atoms with Crippen LogP contribution in [0.4, 0.5) is 0 Å². The zero-order valence-electron chi connectivity index (χ0n) is 11.1. The molecule has 20 heavy (non-hydrogen) atoms. The van der Waals surface area contributed by atoms with Crippen molar-refractivity contribution < 1.29 is 9.59 Å². The van der Waals surface area contributed by atoms with Gasteiger partial charge < -0.3 is 10.6 Å². The average molecular weight is 293 g/mol. The Morgan fingerprint density at radius 1 is 1.15 bits per heavy atom. The van der Waals surface area contributed by atoms with Crippen molar-refractivity contribution in [1.29, 1.82) is 0 Å². The lowest BCUT2D eigenvalue weighted by molar-refractivity contribution is -0.127. The third-order valence-electron chi connectivity index (χ3n) is 3.80. The van der Waals surface area contributed by atoms with Crippen molar-refractivity contribution in [3.8, 4) is 0 Å². The van der Waals surface area contributed by atoms with Crippen LogP contribution < -0.4 is 10.6 Å². The number of hydrogen-bond donors (Lipinski definition) is 2. The molecule has 3 rings (SSSR count). The van der Waals surface area contributed by atoms with Crippen LogP contribution in [0.1, 0.15) is 24.8 Å². The molecule has 2 aliphatic rings. The van der Waals surface area contributed by atoms with E-state index in [1.165, 1.54) is 0 Å². The minimum absolute atomic E-state index is 0.0328. The summed E-state index contributed by atoms with van der Waals surface area (Å²) in [7, 11) is 0. The second kappa shape index (κ2) is 5.44. The monoisotopic (exact) mass is 292 g/mol. The van der Waals surface area contributed by atoms with Gasteiger partial charge in [0.25, 0.3) is 0 Å². The highest BCUT2D eigenvalue weighted by Crippen LogP contribution is 2.39. The Hall–Kier alpha value is -1.55. The molecular weight excluding hydrogens is 276 g/mol. The number of carbonyl (C=O) groups is 2. The van der Waals surface area contributed by atoms with Gasteiger partial charge in [-0.3, -0.25) is 9.59 Å². The third kappa shape index (κ3) is 3.12. The van der Waals surface area contributed by atoms with E-state index in [-0.39, 0.29) is 23.7 Å². The van der Waals surface area contributed by atoms with Crippen LogP contribution in [0.25, 0.3) is 0 Å². The van der Waals surface area contributed by atoms with Gasteiger partial charge in [0.2, 0.25) is 11.8 Å².